The van der Waals surface area contributed by atoms with Gasteiger partial charge in [0.05, 0.1) is 0 Å². The van der Waals surface area contributed by atoms with Crippen LogP contribution in [-0.2, 0) is 0 Å². The molecule has 0 amide bonds. The Morgan fingerprint density at radius 3 is 1.46 bits per heavy atom. The van der Waals surface area contributed by atoms with Crippen LogP contribution in [0.5, 0.6) is 0 Å². The molecule has 0 saturated heterocycles. The van der Waals surface area contributed by atoms with Crippen LogP contribution in [0.25, 0.3) is 0 Å². The third-order valence-corrected chi connectivity index (χ3v) is 5.21. The molecule has 2 aliphatic carbocycles. The highest BCUT2D eigenvalue weighted by atomic mass is 14.5. The zero-order valence-corrected chi connectivity index (χ0v) is 9.47. The van der Waals surface area contributed by atoms with E-state index in [1.54, 1.807) is 0 Å². The van der Waals surface area contributed by atoms with Gasteiger partial charge in [-0.25, -0.2) is 0 Å². The summed E-state index contributed by atoms with van der Waals surface area (Å²) >= 11 is 0. The highest BCUT2D eigenvalue weighted by molar-refractivity contribution is 4.97. The standard InChI is InChI=1S/C13H24/c1-10(2)13(3,11-6-4-7-11)12-8-5-9-12/h10-12H,4-9H2,1-3H3. The second kappa shape index (κ2) is 3.29. The quantitative estimate of drug-likeness (QED) is 0.609. The van der Waals surface area contributed by atoms with Crippen LogP contribution >= 0.6 is 0 Å². The van der Waals surface area contributed by atoms with Crippen molar-refractivity contribution in [2.75, 3.05) is 0 Å². The predicted octanol–water partition coefficient (Wildman–Crippen LogP) is 4.25. The maximum absolute atomic E-state index is 2.57. The lowest BCUT2D eigenvalue weighted by molar-refractivity contribution is -0.0418. The van der Waals surface area contributed by atoms with Crippen LogP contribution in [0.15, 0.2) is 0 Å². The first-order valence-corrected chi connectivity index (χ1v) is 6.15. The maximum atomic E-state index is 2.57. The lowest BCUT2D eigenvalue weighted by atomic mass is 9.51. The van der Waals surface area contributed by atoms with Crippen molar-refractivity contribution in [3.63, 3.8) is 0 Å². The molecule has 2 fully saturated rings. The van der Waals surface area contributed by atoms with Gasteiger partial charge in [0.1, 0.15) is 0 Å². The van der Waals surface area contributed by atoms with Gasteiger partial charge in [0.2, 0.25) is 0 Å². The van der Waals surface area contributed by atoms with Gasteiger partial charge in [-0.15, -0.1) is 0 Å². The van der Waals surface area contributed by atoms with E-state index in [0.29, 0.717) is 5.41 Å². The van der Waals surface area contributed by atoms with Crippen molar-refractivity contribution >= 4 is 0 Å². The minimum atomic E-state index is 0.691. The summed E-state index contributed by atoms with van der Waals surface area (Å²) < 4.78 is 0. The summed E-state index contributed by atoms with van der Waals surface area (Å²) in [4.78, 5) is 0. The van der Waals surface area contributed by atoms with E-state index in [4.69, 9.17) is 0 Å². The monoisotopic (exact) mass is 180 g/mol. The molecule has 0 atom stereocenters. The first kappa shape index (κ1) is 9.55. The smallest absolute Gasteiger partial charge is 0.0246 e. The van der Waals surface area contributed by atoms with Gasteiger partial charge in [-0.05, 0) is 48.9 Å². The Morgan fingerprint density at radius 2 is 1.31 bits per heavy atom. The fourth-order valence-corrected chi connectivity index (χ4v) is 3.34. The van der Waals surface area contributed by atoms with Crippen molar-refractivity contribution in [3.05, 3.63) is 0 Å². The van der Waals surface area contributed by atoms with Crippen molar-refractivity contribution in [1.29, 1.82) is 0 Å². The molecular formula is C13H24. The molecule has 0 aliphatic heterocycles. The molecule has 0 unspecified atom stereocenters. The molecule has 2 aliphatic rings. The molecule has 0 aromatic rings. The van der Waals surface area contributed by atoms with Crippen molar-refractivity contribution in [2.45, 2.75) is 59.3 Å². The number of rotatable bonds is 3. The molecule has 0 spiro atoms. The van der Waals surface area contributed by atoms with E-state index < -0.39 is 0 Å². The highest BCUT2D eigenvalue weighted by Gasteiger charge is 2.47. The van der Waals surface area contributed by atoms with Crippen LogP contribution in [0.1, 0.15) is 59.3 Å². The van der Waals surface area contributed by atoms with Crippen molar-refractivity contribution in [2.24, 2.45) is 23.2 Å². The van der Waals surface area contributed by atoms with Gasteiger partial charge in [-0.3, -0.25) is 0 Å². The molecule has 0 heteroatoms. The molecular weight excluding hydrogens is 156 g/mol. The summed E-state index contributed by atoms with van der Waals surface area (Å²) in [6, 6.07) is 0. The topological polar surface area (TPSA) is 0 Å². The average molecular weight is 180 g/mol. The van der Waals surface area contributed by atoms with E-state index in [9.17, 15) is 0 Å². The molecule has 0 nitrogen and oxygen atoms in total. The minimum absolute atomic E-state index is 0.691. The van der Waals surface area contributed by atoms with Gasteiger partial charge in [-0.1, -0.05) is 33.6 Å². The number of hydrogen-bond donors (Lipinski definition) is 0. The summed E-state index contributed by atoms with van der Waals surface area (Å²) in [5.41, 5.74) is 0.691. The average Bonchev–Trinajstić information content (AvgIpc) is 1.77. The first-order valence-electron chi connectivity index (χ1n) is 6.15. The zero-order valence-electron chi connectivity index (χ0n) is 9.47. The van der Waals surface area contributed by atoms with Gasteiger partial charge in [0, 0.05) is 0 Å². The fourth-order valence-electron chi connectivity index (χ4n) is 3.34. The third-order valence-electron chi connectivity index (χ3n) is 5.21. The summed E-state index contributed by atoms with van der Waals surface area (Å²) in [6.07, 6.45) is 9.08. The lowest BCUT2D eigenvalue weighted by Crippen LogP contribution is -2.45. The van der Waals surface area contributed by atoms with Gasteiger partial charge in [-0.2, -0.15) is 0 Å². The molecule has 2 rings (SSSR count). The van der Waals surface area contributed by atoms with E-state index in [0.717, 1.165) is 17.8 Å². The summed E-state index contributed by atoms with van der Waals surface area (Å²) in [6.45, 7) is 7.46. The van der Waals surface area contributed by atoms with Gasteiger partial charge >= 0.3 is 0 Å². The van der Waals surface area contributed by atoms with Gasteiger partial charge in [0.15, 0.2) is 0 Å². The Balaban J connectivity index is 2.08. The van der Waals surface area contributed by atoms with E-state index in [-0.39, 0.29) is 0 Å². The first-order chi connectivity index (χ1) is 6.15. The lowest BCUT2D eigenvalue weighted by Gasteiger charge is -2.54. The van der Waals surface area contributed by atoms with Crippen LogP contribution < -0.4 is 0 Å². The molecule has 0 aromatic carbocycles. The van der Waals surface area contributed by atoms with E-state index in [2.05, 4.69) is 20.8 Å². The van der Waals surface area contributed by atoms with Crippen LogP contribution in [0.4, 0.5) is 0 Å². The molecule has 0 aromatic heterocycles. The maximum Gasteiger partial charge on any atom is -0.0246 e. The number of hydrogen-bond acceptors (Lipinski definition) is 0. The van der Waals surface area contributed by atoms with E-state index in [1.807, 2.05) is 0 Å². The molecule has 0 N–H and O–H groups in total. The van der Waals surface area contributed by atoms with Crippen LogP contribution in [0, 0.1) is 23.2 Å². The van der Waals surface area contributed by atoms with Crippen LogP contribution in [0.2, 0.25) is 0 Å². The Hall–Kier alpha value is 0. The van der Waals surface area contributed by atoms with Crippen molar-refractivity contribution < 1.29 is 0 Å². The zero-order chi connectivity index (χ0) is 9.47. The van der Waals surface area contributed by atoms with Gasteiger partial charge < -0.3 is 0 Å². The second-order valence-corrected chi connectivity index (χ2v) is 5.78. The SMILES string of the molecule is CC(C)C(C)(C1CCC1)C1CCC1. The van der Waals surface area contributed by atoms with Crippen LogP contribution in [-0.4, -0.2) is 0 Å². The minimum Gasteiger partial charge on any atom is -0.0622 e. The summed E-state index contributed by atoms with van der Waals surface area (Å²) in [7, 11) is 0. The van der Waals surface area contributed by atoms with E-state index >= 15 is 0 Å². The normalized spacial score (nSPS) is 25.8. The highest BCUT2D eigenvalue weighted by Crippen LogP contribution is 2.56. The summed E-state index contributed by atoms with van der Waals surface area (Å²) in [5.74, 6) is 3.03. The third kappa shape index (κ3) is 1.33. The molecule has 76 valence electrons. The van der Waals surface area contributed by atoms with Crippen molar-refractivity contribution in [1.82, 2.24) is 0 Å². The molecule has 13 heavy (non-hydrogen) atoms. The van der Waals surface area contributed by atoms with Gasteiger partial charge in [0.25, 0.3) is 0 Å². The summed E-state index contributed by atoms with van der Waals surface area (Å²) in [5, 5.41) is 0. The Morgan fingerprint density at radius 1 is 0.923 bits per heavy atom. The Labute approximate surface area is 83.1 Å². The Kier molecular flexibility index (Phi) is 2.42. The fraction of sp³-hybridized carbons (Fsp3) is 1.00. The van der Waals surface area contributed by atoms with Crippen LogP contribution in [0.3, 0.4) is 0 Å². The largest absolute Gasteiger partial charge is 0.0622 e. The molecule has 2 saturated carbocycles. The predicted molar refractivity (Wildman–Crippen MR) is 57.6 cm³/mol. The Bertz CT molecular complexity index is 158. The van der Waals surface area contributed by atoms with Crippen molar-refractivity contribution in [3.8, 4) is 0 Å². The van der Waals surface area contributed by atoms with E-state index in [1.165, 1.54) is 38.5 Å². The molecule has 0 bridgehead atoms. The molecule has 0 radical (unpaired) electrons. The molecule has 0 heterocycles. The second-order valence-electron chi connectivity index (χ2n) is 5.78.